The number of aryl methyl sites for hydroxylation is 1. The van der Waals surface area contributed by atoms with Gasteiger partial charge in [0, 0.05) is 55.4 Å². The lowest BCUT2D eigenvalue weighted by atomic mass is 9.60. The van der Waals surface area contributed by atoms with Crippen LogP contribution in [0.25, 0.3) is 10.9 Å². The molecule has 4 fully saturated rings. The van der Waals surface area contributed by atoms with Gasteiger partial charge in [0.2, 0.25) is 0 Å². The molecule has 0 radical (unpaired) electrons. The second kappa shape index (κ2) is 4.95. The molecule has 0 saturated carbocycles. The van der Waals surface area contributed by atoms with E-state index in [0.29, 0.717) is 11.9 Å². The molecule has 0 spiro atoms. The van der Waals surface area contributed by atoms with Crippen molar-refractivity contribution in [1.82, 2.24) is 14.4 Å². The first kappa shape index (κ1) is 15.6. The number of ketones is 1. The Bertz CT molecular complexity index is 851. The fourth-order valence-corrected chi connectivity index (χ4v) is 5.91. The zero-order valence-electron chi connectivity index (χ0n) is 15.5. The lowest BCUT2D eigenvalue weighted by molar-refractivity contribution is -0.200. The molecule has 2 aromatic rings. The lowest BCUT2D eigenvalue weighted by Crippen LogP contribution is -2.75. The number of aromatic nitrogens is 1. The monoisotopic (exact) mass is 337 g/mol. The van der Waals surface area contributed by atoms with E-state index in [-0.39, 0.29) is 10.8 Å². The SMILES string of the molecule is CCn1cc(C2N3CC4(C)CN2CC(CC)(C3)C4=O)c2ccccc21. The summed E-state index contributed by atoms with van der Waals surface area (Å²) in [4.78, 5) is 18.3. The average molecular weight is 337 g/mol. The third-order valence-corrected chi connectivity index (χ3v) is 6.95. The number of nitrogens with zero attached hydrogens (tertiary/aromatic N) is 3. The maximum Gasteiger partial charge on any atom is 0.150 e. The van der Waals surface area contributed by atoms with E-state index in [1.54, 1.807) is 0 Å². The number of piperidine rings is 2. The van der Waals surface area contributed by atoms with Crippen LogP contribution in [-0.2, 0) is 11.3 Å². The van der Waals surface area contributed by atoms with Gasteiger partial charge in [0.15, 0.2) is 0 Å². The largest absolute Gasteiger partial charge is 0.347 e. The molecular formula is C21H27N3O. The zero-order chi connectivity index (χ0) is 17.4. The molecule has 4 aliphatic rings. The molecule has 2 unspecified atom stereocenters. The number of carbonyl (C=O) groups is 1. The summed E-state index contributed by atoms with van der Waals surface area (Å²) in [5, 5.41) is 1.36. The number of rotatable bonds is 3. The standard InChI is InChI=1S/C21H27N3O/c1-4-21-13-23-11-20(3,19(21)25)12-24(14-21)18(23)16-10-22(5-2)17-9-7-6-8-15(16)17/h6-10,18H,4-5,11-14H2,1-3H3. The number of carbonyl (C=O) groups excluding carboxylic acids is 1. The predicted molar refractivity (Wildman–Crippen MR) is 99.3 cm³/mol. The van der Waals surface area contributed by atoms with E-state index < -0.39 is 0 Å². The fraction of sp³-hybridized carbons (Fsp3) is 0.571. The molecule has 0 aliphatic carbocycles. The second-order valence-corrected chi connectivity index (χ2v) is 8.59. The smallest absolute Gasteiger partial charge is 0.150 e. The topological polar surface area (TPSA) is 28.5 Å². The Balaban J connectivity index is 1.63. The zero-order valence-corrected chi connectivity index (χ0v) is 15.5. The number of hydrogen-bond acceptors (Lipinski definition) is 3. The maximum atomic E-state index is 13.1. The van der Waals surface area contributed by atoms with E-state index >= 15 is 0 Å². The van der Waals surface area contributed by atoms with Gasteiger partial charge in [-0.1, -0.05) is 32.0 Å². The number of hydrogen-bond donors (Lipinski definition) is 0. The van der Waals surface area contributed by atoms with Crippen LogP contribution in [0.4, 0.5) is 0 Å². The third-order valence-electron chi connectivity index (χ3n) is 6.95. The molecule has 4 aliphatic heterocycles. The van der Waals surface area contributed by atoms with Crippen molar-refractivity contribution in [2.24, 2.45) is 10.8 Å². The second-order valence-electron chi connectivity index (χ2n) is 8.59. The molecule has 0 amide bonds. The van der Waals surface area contributed by atoms with Gasteiger partial charge in [-0.05, 0) is 19.4 Å². The Morgan fingerprint density at radius 3 is 2.40 bits per heavy atom. The molecular weight excluding hydrogens is 310 g/mol. The predicted octanol–water partition coefficient (Wildman–Crippen LogP) is 3.28. The molecule has 2 atom stereocenters. The molecule has 6 rings (SSSR count). The van der Waals surface area contributed by atoms with Crippen molar-refractivity contribution in [1.29, 1.82) is 0 Å². The molecule has 4 bridgehead atoms. The normalized spacial score (nSPS) is 39.5. The Hall–Kier alpha value is -1.65. The van der Waals surface area contributed by atoms with Crippen LogP contribution in [0.3, 0.4) is 0 Å². The molecule has 25 heavy (non-hydrogen) atoms. The van der Waals surface area contributed by atoms with Gasteiger partial charge < -0.3 is 4.57 Å². The average Bonchev–Trinajstić information content (AvgIpc) is 2.97. The highest BCUT2D eigenvalue weighted by molar-refractivity contribution is 5.93. The summed E-state index contributed by atoms with van der Waals surface area (Å²) in [6, 6.07) is 8.75. The van der Waals surface area contributed by atoms with E-state index in [9.17, 15) is 4.79 Å². The van der Waals surface area contributed by atoms with E-state index in [0.717, 1.165) is 39.1 Å². The highest BCUT2D eigenvalue weighted by Gasteiger charge is 2.63. The number of fused-ring (bicyclic) bond motifs is 1. The summed E-state index contributed by atoms with van der Waals surface area (Å²) >= 11 is 0. The van der Waals surface area contributed by atoms with Crippen molar-refractivity contribution in [3.05, 3.63) is 36.0 Å². The molecule has 132 valence electrons. The van der Waals surface area contributed by atoms with E-state index in [4.69, 9.17) is 0 Å². The van der Waals surface area contributed by atoms with Crippen molar-refractivity contribution >= 4 is 16.7 Å². The van der Waals surface area contributed by atoms with Gasteiger partial charge >= 0.3 is 0 Å². The molecule has 1 aromatic heterocycles. The molecule has 4 heteroatoms. The maximum absolute atomic E-state index is 13.1. The summed E-state index contributed by atoms with van der Waals surface area (Å²) < 4.78 is 2.36. The van der Waals surface area contributed by atoms with Crippen LogP contribution in [-0.4, -0.2) is 46.3 Å². The fourth-order valence-electron chi connectivity index (χ4n) is 5.91. The van der Waals surface area contributed by atoms with E-state index in [1.807, 2.05) is 0 Å². The van der Waals surface area contributed by atoms with Crippen LogP contribution >= 0.6 is 0 Å². The molecule has 5 heterocycles. The van der Waals surface area contributed by atoms with Crippen molar-refractivity contribution in [2.75, 3.05) is 26.2 Å². The first-order valence-corrected chi connectivity index (χ1v) is 9.62. The van der Waals surface area contributed by atoms with Crippen LogP contribution in [0.15, 0.2) is 30.5 Å². The summed E-state index contributed by atoms with van der Waals surface area (Å²) in [6.07, 6.45) is 3.62. The molecule has 4 nitrogen and oxygen atoms in total. The minimum Gasteiger partial charge on any atom is -0.347 e. The van der Waals surface area contributed by atoms with Crippen LogP contribution in [0.2, 0.25) is 0 Å². The van der Waals surface area contributed by atoms with Gasteiger partial charge in [0.05, 0.1) is 17.0 Å². The molecule has 4 saturated heterocycles. The van der Waals surface area contributed by atoms with Crippen LogP contribution in [0.5, 0.6) is 0 Å². The van der Waals surface area contributed by atoms with Gasteiger partial charge in [0.1, 0.15) is 5.78 Å². The van der Waals surface area contributed by atoms with Crippen LogP contribution in [0.1, 0.15) is 38.9 Å². The highest BCUT2D eigenvalue weighted by Crippen LogP contribution is 2.54. The first-order chi connectivity index (χ1) is 12.0. The lowest BCUT2D eigenvalue weighted by Gasteiger charge is -2.65. The van der Waals surface area contributed by atoms with Gasteiger partial charge in [-0.15, -0.1) is 0 Å². The van der Waals surface area contributed by atoms with Gasteiger partial charge in [0.25, 0.3) is 0 Å². The van der Waals surface area contributed by atoms with Gasteiger partial charge in [-0.25, -0.2) is 0 Å². The number of benzene rings is 1. The quantitative estimate of drug-likeness (QED) is 0.860. The number of para-hydroxylation sites is 1. The Morgan fingerprint density at radius 1 is 1.08 bits per heavy atom. The summed E-state index contributed by atoms with van der Waals surface area (Å²) in [6.45, 7) is 11.2. The van der Waals surface area contributed by atoms with Crippen molar-refractivity contribution < 1.29 is 4.79 Å². The van der Waals surface area contributed by atoms with E-state index in [1.165, 1.54) is 16.5 Å². The molecule has 1 aromatic carbocycles. The van der Waals surface area contributed by atoms with Gasteiger partial charge in [-0.2, -0.15) is 0 Å². The van der Waals surface area contributed by atoms with E-state index in [2.05, 4.69) is 65.6 Å². The third kappa shape index (κ3) is 1.87. The van der Waals surface area contributed by atoms with Gasteiger partial charge in [-0.3, -0.25) is 14.6 Å². The Morgan fingerprint density at radius 2 is 1.76 bits per heavy atom. The summed E-state index contributed by atoms with van der Waals surface area (Å²) in [7, 11) is 0. The molecule has 0 N–H and O–H groups in total. The highest BCUT2D eigenvalue weighted by atomic mass is 16.1. The van der Waals surface area contributed by atoms with Crippen molar-refractivity contribution in [3.63, 3.8) is 0 Å². The van der Waals surface area contributed by atoms with Crippen molar-refractivity contribution in [2.45, 2.75) is 39.9 Å². The first-order valence-electron chi connectivity index (χ1n) is 9.62. The summed E-state index contributed by atoms with van der Waals surface area (Å²) in [5.74, 6) is 0.518. The minimum atomic E-state index is -0.188. The van der Waals surface area contributed by atoms with Crippen LogP contribution < -0.4 is 0 Å². The minimum absolute atomic E-state index is 0.148. The van der Waals surface area contributed by atoms with Crippen LogP contribution in [0, 0.1) is 10.8 Å². The Labute approximate surface area is 149 Å². The Kier molecular flexibility index (Phi) is 3.09. The van der Waals surface area contributed by atoms with Crippen molar-refractivity contribution in [3.8, 4) is 0 Å². The number of Topliss-reactive ketones (excluding diaryl/α,β-unsaturated/α-hetero) is 1. The summed E-state index contributed by atoms with van der Waals surface area (Å²) in [5.41, 5.74) is 2.40.